The van der Waals surface area contributed by atoms with Crippen LogP contribution >= 0.6 is 11.3 Å². The molecular formula is C14H14F3N3O2S. The third kappa shape index (κ3) is 3.49. The number of rotatable bonds is 4. The van der Waals surface area contributed by atoms with Crippen molar-refractivity contribution in [2.75, 3.05) is 11.4 Å². The summed E-state index contributed by atoms with van der Waals surface area (Å²) < 4.78 is 43.2. The van der Waals surface area contributed by atoms with Gasteiger partial charge in [0.1, 0.15) is 16.7 Å². The number of nitrogens with one attached hydrogen (secondary N) is 1. The van der Waals surface area contributed by atoms with Crippen molar-refractivity contribution in [1.29, 1.82) is 0 Å². The van der Waals surface area contributed by atoms with Crippen molar-refractivity contribution in [3.63, 3.8) is 0 Å². The average Bonchev–Trinajstić information content (AvgIpc) is 3.22. The Morgan fingerprint density at radius 2 is 2.35 bits per heavy atom. The van der Waals surface area contributed by atoms with Crippen LogP contribution in [0.2, 0.25) is 0 Å². The van der Waals surface area contributed by atoms with Crippen LogP contribution in [0.1, 0.15) is 23.5 Å². The van der Waals surface area contributed by atoms with Gasteiger partial charge in [-0.3, -0.25) is 4.79 Å². The molecule has 2 aromatic rings. The molecule has 1 fully saturated rings. The minimum atomic E-state index is -4.41. The van der Waals surface area contributed by atoms with E-state index in [4.69, 9.17) is 4.42 Å². The van der Waals surface area contributed by atoms with Crippen LogP contribution in [-0.2, 0) is 17.5 Å². The molecule has 0 aromatic carbocycles. The van der Waals surface area contributed by atoms with Crippen molar-refractivity contribution in [1.82, 2.24) is 10.3 Å². The molecule has 0 spiro atoms. The van der Waals surface area contributed by atoms with Crippen molar-refractivity contribution >= 4 is 22.4 Å². The molecule has 0 bridgehead atoms. The molecule has 1 unspecified atom stereocenters. The highest BCUT2D eigenvalue weighted by atomic mass is 32.1. The third-order valence-electron chi connectivity index (χ3n) is 3.59. The minimum absolute atomic E-state index is 0.230. The van der Waals surface area contributed by atoms with Gasteiger partial charge in [-0.15, -0.1) is 0 Å². The van der Waals surface area contributed by atoms with E-state index in [9.17, 15) is 18.0 Å². The quantitative estimate of drug-likeness (QED) is 0.925. The minimum Gasteiger partial charge on any atom is -0.467 e. The monoisotopic (exact) mass is 345 g/mol. The fraction of sp³-hybridized carbons (Fsp3) is 0.429. The highest BCUT2D eigenvalue weighted by molar-refractivity contribution is 7.15. The van der Waals surface area contributed by atoms with E-state index < -0.39 is 17.1 Å². The third-order valence-corrected chi connectivity index (χ3v) is 4.67. The molecule has 2 aromatic heterocycles. The maximum Gasteiger partial charge on any atom is 0.427 e. The number of hydrogen-bond acceptors (Lipinski definition) is 5. The summed E-state index contributed by atoms with van der Waals surface area (Å²) in [6, 6.07) is 2.96. The fourth-order valence-corrected chi connectivity index (χ4v) is 3.36. The van der Waals surface area contributed by atoms with Gasteiger partial charge in [0.2, 0.25) is 5.91 Å². The second-order valence-electron chi connectivity index (χ2n) is 5.15. The summed E-state index contributed by atoms with van der Waals surface area (Å²) >= 11 is 0.565. The molecule has 9 heteroatoms. The van der Waals surface area contributed by atoms with Gasteiger partial charge in [-0.05, 0) is 25.0 Å². The number of carbonyl (C=O) groups is 1. The first-order valence-corrected chi connectivity index (χ1v) is 7.86. The Hall–Kier alpha value is -2.03. The van der Waals surface area contributed by atoms with Crippen LogP contribution in [0.5, 0.6) is 0 Å². The highest BCUT2D eigenvalue weighted by Gasteiger charge is 2.37. The smallest absolute Gasteiger partial charge is 0.427 e. The molecule has 0 saturated carbocycles. The normalized spacial score (nSPS) is 18.4. The second-order valence-corrected chi connectivity index (χ2v) is 6.16. The van der Waals surface area contributed by atoms with Crippen LogP contribution in [0, 0.1) is 0 Å². The van der Waals surface area contributed by atoms with E-state index in [2.05, 4.69) is 10.3 Å². The van der Waals surface area contributed by atoms with Crippen LogP contribution in [0.25, 0.3) is 0 Å². The predicted octanol–water partition coefficient (Wildman–Crippen LogP) is 3.04. The molecule has 1 saturated heterocycles. The van der Waals surface area contributed by atoms with E-state index in [1.165, 1.54) is 6.26 Å². The first-order valence-electron chi connectivity index (χ1n) is 7.05. The lowest BCUT2D eigenvalue weighted by Crippen LogP contribution is -2.43. The van der Waals surface area contributed by atoms with Gasteiger partial charge in [0.25, 0.3) is 0 Å². The maximum atomic E-state index is 12.7. The van der Waals surface area contributed by atoms with Gasteiger partial charge in [0, 0.05) is 6.54 Å². The standard InChI is InChI=1S/C14H14F3N3O2S/c15-14(16,17)11-8-19-13(23-11)20-5-1-4-10(20)12(21)18-7-9-3-2-6-22-9/h2-3,6,8,10H,1,4-5,7H2,(H,18,21). The van der Waals surface area contributed by atoms with Gasteiger partial charge in [-0.25, -0.2) is 4.98 Å². The Morgan fingerprint density at radius 1 is 1.52 bits per heavy atom. The van der Waals surface area contributed by atoms with Crippen LogP contribution < -0.4 is 10.2 Å². The number of halogens is 3. The summed E-state index contributed by atoms with van der Waals surface area (Å²) in [5.41, 5.74) is 0. The van der Waals surface area contributed by atoms with E-state index in [0.717, 1.165) is 12.6 Å². The Balaban J connectivity index is 1.67. The van der Waals surface area contributed by atoms with Crippen molar-refractivity contribution in [3.05, 3.63) is 35.2 Å². The number of nitrogens with zero attached hydrogens (tertiary/aromatic N) is 2. The number of anilines is 1. The lowest BCUT2D eigenvalue weighted by Gasteiger charge is -2.22. The molecular weight excluding hydrogens is 331 g/mol. The van der Waals surface area contributed by atoms with Crippen LogP contribution in [0.3, 0.4) is 0 Å². The molecule has 0 aliphatic carbocycles. The summed E-state index contributed by atoms with van der Waals surface area (Å²) in [7, 11) is 0. The summed E-state index contributed by atoms with van der Waals surface area (Å²) in [6.45, 7) is 0.769. The number of thiazole rings is 1. The molecule has 3 rings (SSSR count). The SMILES string of the molecule is O=C(NCc1ccco1)C1CCCN1c1ncc(C(F)(F)F)s1. The van der Waals surface area contributed by atoms with Gasteiger partial charge in [-0.2, -0.15) is 13.2 Å². The van der Waals surface area contributed by atoms with Gasteiger partial charge in [0.05, 0.1) is 19.0 Å². The van der Waals surface area contributed by atoms with E-state index in [0.29, 0.717) is 30.1 Å². The number of aromatic nitrogens is 1. The summed E-state index contributed by atoms with van der Waals surface area (Å²) in [5.74, 6) is 0.388. The molecule has 1 aliphatic heterocycles. The van der Waals surface area contributed by atoms with Crippen LogP contribution in [0.15, 0.2) is 29.0 Å². The number of hydrogen-bond donors (Lipinski definition) is 1. The van der Waals surface area contributed by atoms with Crippen LogP contribution in [0.4, 0.5) is 18.3 Å². The molecule has 1 aliphatic rings. The van der Waals surface area contributed by atoms with Gasteiger partial charge in [0.15, 0.2) is 5.13 Å². The molecule has 1 atom stereocenters. The van der Waals surface area contributed by atoms with Gasteiger partial charge in [-0.1, -0.05) is 11.3 Å². The summed E-state index contributed by atoms with van der Waals surface area (Å²) in [6.07, 6.45) is -0.759. The first kappa shape index (κ1) is 15.9. The molecule has 124 valence electrons. The fourth-order valence-electron chi connectivity index (χ4n) is 2.50. The number of alkyl halides is 3. The van der Waals surface area contributed by atoms with Crippen molar-refractivity contribution in [2.45, 2.75) is 31.6 Å². The lowest BCUT2D eigenvalue weighted by molar-refractivity contribution is -0.134. The van der Waals surface area contributed by atoms with E-state index >= 15 is 0 Å². The largest absolute Gasteiger partial charge is 0.467 e. The van der Waals surface area contributed by atoms with E-state index in [1.54, 1.807) is 17.0 Å². The summed E-state index contributed by atoms with van der Waals surface area (Å²) in [4.78, 5) is 17.0. The molecule has 1 N–H and O–H groups in total. The Bertz CT molecular complexity index is 669. The topological polar surface area (TPSA) is 58.4 Å². The van der Waals surface area contributed by atoms with E-state index in [-0.39, 0.29) is 17.6 Å². The Labute approximate surface area is 134 Å². The molecule has 5 nitrogen and oxygen atoms in total. The van der Waals surface area contributed by atoms with Crippen molar-refractivity contribution in [2.24, 2.45) is 0 Å². The molecule has 1 amide bonds. The van der Waals surface area contributed by atoms with Crippen LogP contribution in [-0.4, -0.2) is 23.5 Å². The number of amides is 1. The summed E-state index contributed by atoms with van der Waals surface area (Å²) in [5, 5.41) is 2.97. The Kier molecular flexibility index (Phi) is 4.29. The zero-order valence-electron chi connectivity index (χ0n) is 12.0. The number of furan rings is 1. The zero-order chi connectivity index (χ0) is 16.4. The maximum absolute atomic E-state index is 12.7. The zero-order valence-corrected chi connectivity index (χ0v) is 12.8. The van der Waals surface area contributed by atoms with E-state index in [1.807, 2.05) is 0 Å². The van der Waals surface area contributed by atoms with Gasteiger partial charge >= 0.3 is 6.18 Å². The molecule has 23 heavy (non-hydrogen) atoms. The molecule has 3 heterocycles. The van der Waals surface area contributed by atoms with Gasteiger partial charge < -0.3 is 14.6 Å². The van der Waals surface area contributed by atoms with Crippen molar-refractivity contribution in [3.8, 4) is 0 Å². The molecule has 0 radical (unpaired) electrons. The average molecular weight is 345 g/mol. The lowest BCUT2D eigenvalue weighted by atomic mass is 10.2. The van der Waals surface area contributed by atoms with Crippen molar-refractivity contribution < 1.29 is 22.4 Å². The Morgan fingerprint density at radius 3 is 3.00 bits per heavy atom. The first-order chi connectivity index (χ1) is 10.9. The second kappa shape index (κ2) is 6.23. The predicted molar refractivity (Wildman–Crippen MR) is 78.0 cm³/mol. The highest BCUT2D eigenvalue weighted by Crippen LogP contribution is 2.38. The number of carbonyl (C=O) groups excluding carboxylic acids is 1.